The average Bonchev–Trinajstić information content (AvgIpc) is 2.89. The zero-order valence-electron chi connectivity index (χ0n) is 10.1. The van der Waals surface area contributed by atoms with Crippen LogP contribution < -0.4 is 0 Å². The van der Waals surface area contributed by atoms with Crippen molar-refractivity contribution >= 4 is 5.91 Å². The molecular formula is C15H19NO. The molecule has 0 radical (unpaired) electrons. The smallest absolute Gasteiger partial charge is 0.223 e. The Hall–Kier alpha value is -1.31. The molecule has 1 aliphatic heterocycles. The predicted octanol–water partition coefficient (Wildman–Crippen LogP) is 2.63. The molecule has 1 aromatic carbocycles. The van der Waals surface area contributed by atoms with Gasteiger partial charge in [-0.15, -0.1) is 0 Å². The summed E-state index contributed by atoms with van der Waals surface area (Å²) in [5.74, 6) is 1.05. The number of fused-ring (bicyclic) bond motifs is 1. The molecule has 2 fully saturated rings. The Balaban J connectivity index is 1.63. The van der Waals surface area contributed by atoms with Crippen molar-refractivity contribution in [3.05, 3.63) is 35.9 Å². The van der Waals surface area contributed by atoms with Crippen molar-refractivity contribution < 1.29 is 4.79 Å². The van der Waals surface area contributed by atoms with Gasteiger partial charge >= 0.3 is 0 Å². The summed E-state index contributed by atoms with van der Waals surface area (Å²) < 4.78 is 0. The number of likely N-dealkylation sites (tertiary alicyclic amines) is 1. The third-order valence-corrected chi connectivity index (χ3v) is 4.26. The van der Waals surface area contributed by atoms with Crippen LogP contribution in [0, 0.1) is 5.92 Å². The molecule has 2 nitrogen and oxygen atoms in total. The summed E-state index contributed by atoms with van der Waals surface area (Å²) in [5, 5.41) is 0. The number of hydrogen-bond donors (Lipinski definition) is 0. The lowest BCUT2D eigenvalue weighted by atomic mass is 10.0. The lowest BCUT2D eigenvalue weighted by Gasteiger charge is -2.24. The molecule has 0 spiro atoms. The van der Waals surface area contributed by atoms with Crippen molar-refractivity contribution in [2.24, 2.45) is 5.92 Å². The third kappa shape index (κ3) is 2.08. The largest absolute Gasteiger partial charge is 0.339 e. The van der Waals surface area contributed by atoms with Gasteiger partial charge in [-0.05, 0) is 30.7 Å². The molecule has 0 bridgehead atoms. The van der Waals surface area contributed by atoms with Crippen molar-refractivity contribution in [3.8, 4) is 0 Å². The Labute approximate surface area is 103 Å². The Kier molecular flexibility index (Phi) is 2.87. The molecule has 1 unspecified atom stereocenters. The Bertz CT molecular complexity index is 401. The maximum absolute atomic E-state index is 11.9. The minimum atomic E-state index is 0.385. The maximum Gasteiger partial charge on any atom is 0.223 e. The standard InChI is InChI=1S/C15H19NO/c17-15-11-13-7-4-8-14(13)16(15)10-9-12-5-2-1-3-6-12/h1-3,5-6,13-14H,4,7-11H2/t13?,14-/m1/s1. The summed E-state index contributed by atoms with van der Waals surface area (Å²) in [7, 11) is 0. The van der Waals surface area contributed by atoms with Gasteiger partial charge in [-0.1, -0.05) is 36.8 Å². The molecule has 0 aromatic heterocycles. The SMILES string of the molecule is O=C1CC2CCC[C@H]2N1CCc1ccccc1. The molecule has 1 saturated carbocycles. The Morgan fingerprint density at radius 1 is 1.18 bits per heavy atom. The minimum absolute atomic E-state index is 0.385. The highest BCUT2D eigenvalue weighted by Crippen LogP contribution is 2.38. The highest BCUT2D eigenvalue weighted by molar-refractivity contribution is 5.79. The van der Waals surface area contributed by atoms with Crippen LogP contribution in [0.15, 0.2) is 30.3 Å². The Morgan fingerprint density at radius 2 is 2.00 bits per heavy atom. The second kappa shape index (κ2) is 4.52. The van der Waals surface area contributed by atoms with Gasteiger partial charge in [0.1, 0.15) is 0 Å². The lowest BCUT2D eigenvalue weighted by molar-refractivity contribution is -0.129. The molecule has 3 rings (SSSR count). The summed E-state index contributed by atoms with van der Waals surface area (Å²) in [6.07, 6.45) is 5.60. The topological polar surface area (TPSA) is 20.3 Å². The quantitative estimate of drug-likeness (QED) is 0.780. The first kappa shape index (κ1) is 10.8. The predicted molar refractivity (Wildman–Crippen MR) is 67.6 cm³/mol. The molecular weight excluding hydrogens is 210 g/mol. The van der Waals surface area contributed by atoms with Crippen LogP contribution in [0.2, 0.25) is 0 Å². The number of carbonyl (C=O) groups is 1. The second-order valence-corrected chi connectivity index (χ2v) is 5.29. The van der Waals surface area contributed by atoms with E-state index in [4.69, 9.17) is 0 Å². The first-order valence-corrected chi connectivity index (χ1v) is 6.68. The van der Waals surface area contributed by atoms with Gasteiger partial charge in [0.05, 0.1) is 0 Å². The summed E-state index contributed by atoms with van der Waals surface area (Å²) >= 11 is 0. The van der Waals surface area contributed by atoms with E-state index in [0.29, 0.717) is 17.9 Å². The summed E-state index contributed by atoms with van der Waals surface area (Å²) in [5.41, 5.74) is 1.33. The number of amides is 1. The van der Waals surface area contributed by atoms with Gasteiger partial charge in [0, 0.05) is 19.0 Å². The molecule has 1 amide bonds. The number of rotatable bonds is 3. The molecule has 2 heteroatoms. The number of carbonyl (C=O) groups excluding carboxylic acids is 1. The molecule has 2 aliphatic rings. The fraction of sp³-hybridized carbons (Fsp3) is 0.533. The normalized spacial score (nSPS) is 27.5. The van der Waals surface area contributed by atoms with E-state index in [1.165, 1.54) is 24.8 Å². The summed E-state index contributed by atoms with van der Waals surface area (Å²) in [4.78, 5) is 14.1. The molecule has 1 aliphatic carbocycles. The van der Waals surface area contributed by atoms with Crippen LogP contribution in [-0.4, -0.2) is 23.4 Å². The highest BCUT2D eigenvalue weighted by Gasteiger charge is 2.41. The number of nitrogens with zero attached hydrogens (tertiary/aromatic N) is 1. The van der Waals surface area contributed by atoms with E-state index in [2.05, 4.69) is 29.2 Å². The van der Waals surface area contributed by atoms with Gasteiger partial charge in [-0.25, -0.2) is 0 Å². The van der Waals surface area contributed by atoms with Crippen LogP contribution in [0.25, 0.3) is 0 Å². The molecule has 1 heterocycles. The van der Waals surface area contributed by atoms with Gasteiger partial charge in [0.25, 0.3) is 0 Å². The lowest BCUT2D eigenvalue weighted by Crippen LogP contribution is -2.34. The molecule has 17 heavy (non-hydrogen) atoms. The zero-order valence-corrected chi connectivity index (χ0v) is 10.1. The van der Waals surface area contributed by atoms with Gasteiger partial charge in [0.15, 0.2) is 0 Å². The first-order chi connectivity index (χ1) is 8.34. The van der Waals surface area contributed by atoms with Gasteiger partial charge in [-0.3, -0.25) is 4.79 Å². The molecule has 1 aromatic rings. The van der Waals surface area contributed by atoms with Crippen LogP contribution in [0.5, 0.6) is 0 Å². The van der Waals surface area contributed by atoms with E-state index in [9.17, 15) is 4.79 Å². The number of hydrogen-bond acceptors (Lipinski definition) is 1. The van der Waals surface area contributed by atoms with Crippen molar-refractivity contribution in [3.63, 3.8) is 0 Å². The molecule has 2 atom stereocenters. The fourth-order valence-corrected chi connectivity index (χ4v) is 3.38. The van der Waals surface area contributed by atoms with Gasteiger partial charge in [0.2, 0.25) is 5.91 Å². The maximum atomic E-state index is 11.9. The van der Waals surface area contributed by atoms with E-state index in [1.807, 2.05) is 6.07 Å². The van der Waals surface area contributed by atoms with Crippen molar-refractivity contribution in [1.82, 2.24) is 4.90 Å². The van der Waals surface area contributed by atoms with Gasteiger partial charge in [-0.2, -0.15) is 0 Å². The van der Waals surface area contributed by atoms with Gasteiger partial charge < -0.3 is 4.90 Å². The average molecular weight is 229 g/mol. The van der Waals surface area contributed by atoms with Crippen molar-refractivity contribution in [2.75, 3.05) is 6.54 Å². The van der Waals surface area contributed by atoms with E-state index in [-0.39, 0.29) is 0 Å². The van der Waals surface area contributed by atoms with Crippen LogP contribution in [0.4, 0.5) is 0 Å². The van der Waals surface area contributed by atoms with E-state index in [0.717, 1.165) is 19.4 Å². The van der Waals surface area contributed by atoms with E-state index in [1.54, 1.807) is 0 Å². The second-order valence-electron chi connectivity index (χ2n) is 5.29. The fourth-order valence-electron chi connectivity index (χ4n) is 3.38. The van der Waals surface area contributed by atoms with Crippen LogP contribution in [0.3, 0.4) is 0 Å². The summed E-state index contributed by atoms with van der Waals surface area (Å²) in [6.45, 7) is 0.907. The highest BCUT2D eigenvalue weighted by atomic mass is 16.2. The monoisotopic (exact) mass is 229 g/mol. The van der Waals surface area contributed by atoms with Crippen molar-refractivity contribution in [1.29, 1.82) is 0 Å². The molecule has 1 saturated heterocycles. The Morgan fingerprint density at radius 3 is 2.82 bits per heavy atom. The van der Waals surface area contributed by atoms with E-state index < -0.39 is 0 Å². The van der Waals surface area contributed by atoms with Crippen LogP contribution in [0.1, 0.15) is 31.2 Å². The minimum Gasteiger partial charge on any atom is -0.339 e. The number of benzene rings is 1. The molecule has 0 N–H and O–H groups in total. The summed E-state index contributed by atoms with van der Waals surface area (Å²) in [6, 6.07) is 11.0. The zero-order chi connectivity index (χ0) is 11.7. The van der Waals surface area contributed by atoms with Crippen molar-refractivity contribution in [2.45, 2.75) is 38.1 Å². The molecule has 90 valence electrons. The van der Waals surface area contributed by atoms with E-state index >= 15 is 0 Å². The first-order valence-electron chi connectivity index (χ1n) is 6.68. The van der Waals surface area contributed by atoms with Crippen LogP contribution in [-0.2, 0) is 11.2 Å². The van der Waals surface area contributed by atoms with Crippen LogP contribution >= 0.6 is 0 Å². The third-order valence-electron chi connectivity index (χ3n) is 4.26.